The Balaban J connectivity index is 2.00. The molecule has 0 radical (unpaired) electrons. The highest BCUT2D eigenvalue weighted by atomic mass is 32.2. The summed E-state index contributed by atoms with van der Waals surface area (Å²) in [7, 11) is -3.30. The zero-order valence-electron chi connectivity index (χ0n) is 11.7. The van der Waals surface area contributed by atoms with Crippen molar-refractivity contribution >= 4 is 47.5 Å². The molecule has 21 heavy (non-hydrogen) atoms. The van der Waals surface area contributed by atoms with Gasteiger partial charge in [-0.15, -0.1) is 0 Å². The van der Waals surface area contributed by atoms with E-state index in [0.717, 1.165) is 27.4 Å². The van der Waals surface area contributed by atoms with Crippen LogP contribution in [0.15, 0.2) is 36.4 Å². The molecule has 6 heteroatoms. The van der Waals surface area contributed by atoms with E-state index in [1.54, 1.807) is 0 Å². The molecule has 1 N–H and O–H groups in total. The van der Waals surface area contributed by atoms with Crippen LogP contribution in [0.5, 0.6) is 0 Å². The van der Waals surface area contributed by atoms with Gasteiger partial charge in [-0.2, -0.15) is 0 Å². The Kier molecular flexibility index (Phi) is 3.82. The van der Waals surface area contributed by atoms with Crippen molar-refractivity contribution in [1.29, 1.82) is 0 Å². The summed E-state index contributed by atoms with van der Waals surface area (Å²) in [5, 5.41) is 2.60. The second kappa shape index (κ2) is 5.61. The number of nitrogens with one attached hydrogen (secondary N) is 1. The molecule has 0 saturated heterocycles. The summed E-state index contributed by atoms with van der Waals surface area (Å²) >= 11 is 1.37. The highest BCUT2D eigenvalue weighted by Crippen LogP contribution is 2.32. The van der Waals surface area contributed by atoms with Gasteiger partial charge < -0.3 is 0 Å². The van der Waals surface area contributed by atoms with Crippen LogP contribution in [0.4, 0.5) is 5.13 Å². The van der Waals surface area contributed by atoms with Gasteiger partial charge in [0.05, 0.1) is 16.0 Å². The first-order valence-electron chi connectivity index (χ1n) is 6.88. The van der Waals surface area contributed by atoms with E-state index < -0.39 is 10.0 Å². The first-order chi connectivity index (χ1) is 10.1. The summed E-state index contributed by atoms with van der Waals surface area (Å²) in [6.07, 6.45) is 1.51. The Labute approximate surface area is 127 Å². The Morgan fingerprint density at radius 3 is 2.81 bits per heavy atom. The normalized spacial score (nSPS) is 12.0. The second-order valence-electron chi connectivity index (χ2n) is 4.93. The van der Waals surface area contributed by atoms with Gasteiger partial charge in [0.25, 0.3) is 0 Å². The molecule has 0 fully saturated rings. The number of aromatic nitrogens is 1. The van der Waals surface area contributed by atoms with Crippen LogP contribution in [0.3, 0.4) is 0 Å². The minimum Gasteiger partial charge on any atom is -0.259 e. The Morgan fingerprint density at radius 2 is 2.00 bits per heavy atom. The number of hydrogen-bond acceptors (Lipinski definition) is 4. The van der Waals surface area contributed by atoms with Crippen molar-refractivity contribution < 1.29 is 8.42 Å². The Morgan fingerprint density at radius 1 is 1.19 bits per heavy atom. The van der Waals surface area contributed by atoms with E-state index in [1.807, 2.05) is 43.3 Å². The smallest absolute Gasteiger partial charge is 0.234 e. The second-order valence-corrected chi connectivity index (χ2v) is 7.80. The van der Waals surface area contributed by atoms with Crippen LogP contribution >= 0.6 is 11.3 Å². The van der Waals surface area contributed by atoms with Crippen LogP contribution in [-0.4, -0.2) is 19.2 Å². The summed E-state index contributed by atoms with van der Waals surface area (Å²) in [6.45, 7) is 1.97. The summed E-state index contributed by atoms with van der Waals surface area (Å²) in [4.78, 5) is 4.46. The quantitative estimate of drug-likeness (QED) is 0.773. The van der Waals surface area contributed by atoms with Crippen molar-refractivity contribution in [2.24, 2.45) is 0 Å². The molecule has 0 atom stereocenters. The van der Waals surface area contributed by atoms with Crippen LogP contribution in [-0.2, 0) is 10.0 Å². The van der Waals surface area contributed by atoms with Crippen molar-refractivity contribution in [2.45, 2.75) is 19.8 Å². The van der Waals surface area contributed by atoms with Gasteiger partial charge in [0.2, 0.25) is 10.0 Å². The summed E-state index contributed by atoms with van der Waals surface area (Å²) in [5.41, 5.74) is 0.853. The molecule has 4 nitrogen and oxygen atoms in total. The molecule has 1 heterocycles. The molecule has 0 amide bonds. The highest BCUT2D eigenvalue weighted by molar-refractivity contribution is 7.92. The first kappa shape index (κ1) is 14.3. The van der Waals surface area contributed by atoms with Gasteiger partial charge in [-0.25, -0.2) is 13.4 Å². The number of nitrogens with zero attached hydrogens (tertiary/aromatic N) is 1. The minimum absolute atomic E-state index is 0.139. The molecule has 0 saturated carbocycles. The summed E-state index contributed by atoms with van der Waals surface area (Å²) in [6, 6.07) is 12.0. The lowest BCUT2D eigenvalue weighted by Crippen LogP contribution is -2.16. The Hall–Kier alpha value is -1.66. The van der Waals surface area contributed by atoms with Crippen LogP contribution < -0.4 is 4.72 Å². The average molecular weight is 320 g/mol. The van der Waals surface area contributed by atoms with Gasteiger partial charge in [-0.3, -0.25) is 4.72 Å². The van der Waals surface area contributed by atoms with Crippen LogP contribution in [0.25, 0.3) is 21.0 Å². The van der Waals surface area contributed by atoms with E-state index in [9.17, 15) is 8.42 Å². The van der Waals surface area contributed by atoms with E-state index in [-0.39, 0.29) is 5.75 Å². The zero-order valence-corrected chi connectivity index (χ0v) is 13.3. The van der Waals surface area contributed by atoms with Crippen molar-refractivity contribution in [1.82, 2.24) is 4.98 Å². The predicted molar refractivity (Wildman–Crippen MR) is 89.4 cm³/mol. The standard InChI is InChI=1S/C15H16N2O2S2/c1-2-3-10-21(18,19)17-15-16-14-12-7-5-4-6-11(12)8-9-13(14)20-15/h4-9H,2-3,10H2,1H3,(H,16,17). The molecule has 0 spiro atoms. The van der Waals surface area contributed by atoms with Crippen LogP contribution in [0.2, 0.25) is 0 Å². The molecule has 0 aliphatic heterocycles. The van der Waals surface area contributed by atoms with Crippen molar-refractivity contribution in [3.8, 4) is 0 Å². The first-order valence-corrected chi connectivity index (χ1v) is 9.35. The zero-order chi connectivity index (χ0) is 14.9. The maximum absolute atomic E-state index is 12.0. The molecule has 3 aromatic rings. The molecule has 0 aliphatic rings. The average Bonchev–Trinajstić information content (AvgIpc) is 2.87. The third-order valence-corrected chi connectivity index (χ3v) is 5.69. The Bertz CT molecular complexity index is 885. The molecular weight excluding hydrogens is 304 g/mol. The monoisotopic (exact) mass is 320 g/mol. The third kappa shape index (κ3) is 3.01. The van der Waals surface area contributed by atoms with E-state index in [2.05, 4.69) is 9.71 Å². The number of thiazole rings is 1. The van der Waals surface area contributed by atoms with Gasteiger partial charge in [0, 0.05) is 5.39 Å². The van der Waals surface area contributed by atoms with Crippen molar-refractivity contribution in [2.75, 3.05) is 10.5 Å². The topological polar surface area (TPSA) is 59.1 Å². The lowest BCUT2D eigenvalue weighted by atomic mass is 10.1. The highest BCUT2D eigenvalue weighted by Gasteiger charge is 2.14. The SMILES string of the molecule is CCCCS(=O)(=O)Nc1nc2c(ccc3ccccc32)s1. The summed E-state index contributed by atoms with van der Waals surface area (Å²) in [5.74, 6) is 0.139. The maximum Gasteiger partial charge on any atom is 0.234 e. The number of hydrogen-bond donors (Lipinski definition) is 1. The molecule has 3 rings (SSSR count). The van der Waals surface area contributed by atoms with Gasteiger partial charge in [0.1, 0.15) is 0 Å². The number of sulfonamides is 1. The molecule has 0 bridgehead atoms. The summed E-state index contributed by atoms with van der Waals surface area (Å²) < 4.78 is 27.5. The number of fused-ring (bicyclic) bond motifs is 3. The van der Waals surface area contributed by atoms with Gasteiger partial charge >= 0.3 is 0 Å². The number of anilines is 1. The van der Waals surface area contributed by atoms with Crippen LogP contribution in [0.1, 0.15) is 19.8 Å². The van der Waals surface area contributed by atoms with E-state index in [4.69, 9.17) is 0 Å². The third-order valence-electron chi connectivity index (χ3n) is 3.29. The van der Waals surface area contributed by atoms with Crippen LogP contribution in [0, 0.1) is 0 Å². The number of rotatable bonds is 5. The minimum atomic E-state index is -3.30. The van der Waals surface area contributed by atoms with Gasteiger partial charge in [-0.05, 0) is 17.9 Å². The fourth-order valence-electron chi connectivity index (χ4n) is 2.22. The maximum atomic E-state index is 12.0. The van der Waals surface area contributed by atoms with E-state index in [0.29, 0.717) is 11.6 Å². The lowest BCUT2D eigenvalue weighted by molar-refractivity contribution is 0.598. The molecule has 0 aliphatic carbocycles. The van der Waals surface area contributed by atoms with Crippen molar-refractivity contribution in [3.05, 3.63) is 36.4 Å². The fraction of sp³-hybridized carbons (Fsp3) is 0.267. The van der Waals surface area contributed by atoms with Gasteiger partial charge in [-0.1, -0.05) is 55.0 Å². The molecule has 110 valence electrons. The fourth-order valence-corrected chi connectivity index (χ4v) is 4.59. The largest absolute Gasteiger partial charge is 0.259 e. The molecular formula is C15H16N2O2S2. The van der Waals surface area contributed by atoms with Gasteiger partial charge in [0.15, 0.2) is 5.13 Å². The molecule has 1 aromatic heterocycles. The lowest BCUT2D eigenvalue weighted by Gasteiger charge is -2.03. The predicted octanol–water partition coefficient (Wildman–Crippen LogP) is 3.99. The number of unbranched alkanes of at least 4 members (excludes halogenated alkanes) is 1. The van der Waals surface area contributed by atoms with E-state index in [1.165, 1.54) is 11.3 Å². The van der Waals surface area contributed by atoms with E-state index >= 15 is 0 Å². The van der Waals surface area contributed by atoms with Crippen molar-refractivity contribution in [3.63, 3.8) is 0 Å². The molecule has 2 aromatic carbocycles. The number of benzene rings is 2. The molecule has 0 unspecified atom stereocenters.